The maximum atomic E-state index is 12.1. The summed E-state index contributed by atoms with van der Waals surface area (Å²) in [5, 5.41) is 0.956. The fourth-order valence-electron chi connectivity index (χ4n) is 2.94. The Balaban J connectivity index is 0.000000847. The number of hydrogen-bond acceptors (Lipinski definition) is 3. The molecule has 3 heterocycles. The molecule has 2 aromatic rings. The molecule has 122 valence electrons. The first-order valence-corrected chi connectivity index (χ1v) is 8.27. The van der Waals surface area contributed by atoms with Crippen molar-refractivity contribution in [2.45, 2.75) is 66.2 Å². The maximum Gasteiger partial charge on any atom is 0.351 e. The number of nitrogens with zero attached hydrogens (tertiary/aromatic N) is 2. The molecule has 1 N–H and O–H groups in total. The highest BCUT2D eigenvalue weighted by molar-refractivity contribution is 5.75. The molecule has 22 heavy (non-hydrogen) atoms. The maximum absolute atomic E-state index is 12.1. The minimum atomic E-state index is -0.241. The fraction of sp³-hybridized carbons (Fsp3) is 0.647. The molecule has 1 aliphatic heterocycles. The van der Waals surface area contributed by atoms with E-state index in [9.17, 15) is 4.79 Å². The highest BCUT2D eigenvalue weighted by Crippen LogP contribution is 2.30. The van der Waals surface area contributed by atoms with Crippen molar-refractivity contribution >= 4 is 11.0 Å². The molecular weight excluding hydrogens is 278 g/mol. The molecule has 0 bridgehead atoms. The van der Waals surface area contributed by atoms with Gasteiger partial charge >= 0.3 is 5.69 Å². The van der Waals surface area contributed by atoms with Crippen molar-refractivity contribution in [2.75, 3.05) is 0 Å². The van der Waals surface area contributed by atoms with Crippen LogP contribution in [0, 0.1) is 12.8 Å². The number of rotatable bonds is 3. The van der Waals surface area contributed by atoms with Crippen molar-refractivity contribution in [3.8, 4) is 0 Å². The molecule has 0 aliphatic carbocycles. The standard InChI is InChI=1S/C15H21N3O2.C2H6/c1-9(2)6-12-4-5-13(20-12)18-8-11-7-10(3)16-14(11)17-15(18)19;1-2/h7-9,12-13H,4-6H2,1-3H3,(H,16,17,19);1-2H3/t12?,13-;/m1./s1. The van der Waals surface area contributed by atoms with Gasteiger partial charge in [0, 0.05) is 17.3 Å². The Morgan fingerprint density at radius 3 is 2.82 bits per heavy atom. The van der Waals surface area contributed by atoms with Gasteiger partial charge in [-0.1, -0.05) is 27.7 Å². The van der Waals surface area contributed by atoms with Crippen LogP contribution in [0.2, 0.25) is 0 Å². The van der Waals surface area contributed by atoms with Crippen LogP contribution in [0.15, 0.2) is 17.1 Å². The lowest BCUT2D eigenvalue weighted by Gasteiger charge is -2.16. The molecule has 1 aliphatic rings. The van der Waals surface area contributed by atoms with E-state index in [1.54, 1.807) is 4.57 Å². The molecule has 2 aromatic heterocycles. The lowest BCUT2D eigenvalue weighted by atomic mass is 10.0. The van der Waals surface area contributed by atoms with Crippen molar-refractivity contribution in [2.24, 2.45) is 5.92 Å². The van der Waals surface area contributed by atoms with E-state index in [1.807, 2.05) is 33.0 Å². The summed E-state index contributed by atoms with van der Waals surface area (Å²) in [5.74, 6) is 0.614. The largest absolute Gasteiger partial charge is 0.355 e. The summed E-state index contributed by atoms with van der Waals surface area (Å²) in [6.45, 7) is 10.3. The van der Waals surface area contributed by atoms with Gasteiger partial charge in [0.15, 0.2) is 0 Å². The van der Waals surface area contributed by atoms with Gasteiger partial charge < -0.3 is 9.72 Å². The molecule has 1 saturated heterocycles. The first-order chi connectivity index (χ1) is 10.5. The van der Waals surface area contributed by atoms with E-state index < -0.39 is 0 Å². The summed E-state index contributed by atoms with van der Waals surface area (Å²) >= 11 is 0. The molecule has 1 unspecified atom stereocenters. The smallest absolute Gasteiger partial charge is 0.351 e. The van der Waals surface area contributed by atoms with Crippen LogP contribution < -0.4 is 5.69 Å². The zero-order valence-corrected chi connectivity index (χ0v) is 14.2. The Hall–Kier alpha value is -1.62. The number of nitrogens with one attached hydrogen (secondary N) is 1. The van der Waals surface area contributed by atoms with Gasteiger partial charge in [0.2, 0.25) is 0 Å². The number of aromatic nitrogens is 3. The number of H-pyrrole nitrogens is 1. The van der Waals surface area contributed by atoms with Crippen molar-refractivity contribution in [1.29, 1.82) is 0 Å². The Labute approximate surface area is 131 Å². The summed E-state index contributed by atoms with van der Waals surface area (Å²) in [5.41, 5.74) is 1.42. The van der Waals surface area contributed by atoms with Gasteiger partial charge in [-0.3, -0.25) is 4.57 Å². The van der Waals surface area contributed by atoms with Crippen molar-refractivity contribution in [3.05, 3.63) is 28.4 Å². The van der Waals surface area contributed by atoms with Gasteiger partial charge in [0.1, 0.15) is 11.9 Å². The van der Waals surface area contributed by atoms with Crippen LogP contribution >= 0.6 is 0 Å². The zero-order valence-electron chi connectivity index (χ0n) is 14.2. The molecule has 3 rings (SSSR count). The van der Waals surface area contributed by atoms with Gasteiger partial charge in [0.05, 0.1) is 6.10 Å². The van der Waals surface area contributed by atoms with E-state index >= 15 is 0 Å². The second-order valence-corrected chi connectivity index (χ2v) is 6.11. The average Bonchev–Trinajstić information content (AvgIpc) is 3.05. The minimum Gasteiger partial charge on any atom is -0.355 e. The number of ether oxygens (including phenoxy) is 1. The van der Waals surface area contributed by atoms with Crippen molar-refractivity contribution < 1.29 is 4.74 Å². The minimum absolute atomic E-state index is 0.168. The molecule has 0 saturated carbocycles. The lowest BCUT2D eigenvalue weighted by Crippen LogP contribution is -2.27. The SMILES string of the molecule is CC.Cc1cc2cn([C@H]3CCC(CC(C)C)O3)c(=O)nc2[nH]1. The van der Waals surface area contributed by atoms with Crippen LogP contribution in [-0.2, 0) is 4.74 Å². The van der Waals surface area contributed by atoms with Crippen molar-refractivity contribution in [1.82, 2.24) is 14.5 Å². The van der Waals surface area contributed by atoms with Gasteiger partial charge in [-0.15, -0.1) is 0 Å². The third-order valence-corrected chi connectivity index (χ3v) is 3.80. The van der Waals surface area contributed by atoms with E-state index in [-0.39, 0.29) is 18.0 Å². The van der Waals surface area contributed by atoms with Gasteiger partial charge in [-0.05, 0) is 38.2 Å². The predicted octanol–water partition coefficient (Wildman–Crippen LogP) is 3.78. The van der Waals surface area contributed by atoms with Crippen LogP contribution in [-0.4, -0.2) is 20.6 Å². The summed E-state index contributed by atoms with van der Waals surface area (Å²) in [6, 6.07) is 2.00. The Kier molecular flexibility index (Phi) is 5.40. The molecule has 5 heteroatoms. The van der Waals surface area contributed by atoms with Crippen LogP contribution in [0.4, 0.5) is 0 Å². The normalized spacial score (nSPS) is 21.2. The third-order valence-electron chi connectivity index (χ3n) is 3.80. The number of aryl methyl sites for hydroxylation is 1. The van der Waals surface area contributed by atoms with Crippen LogP contribution in [0.25, 0.3) is 11.0 Å². The summed E-state index contributed by atoms with van der Waals surface area (Å²) in [4.78, 5) is 19.3. The van der Waals surface area contributed by atoms with E-state index in [0.29, 0.717) is 11.6 Å². The summed E-state index contributed by atoms with van der Waals surface area (Å²) in [7, 11) is 0. The Bertz CT molecular complexity index is 672. The number of hydrogen-bond donors (Lipinski definition) is 1. The Morgan fingerprint density at radius 1 is 1.41 bits per heavy atom. The topological polar surface area (TPSA) is 59.9 Å². The van der Waals surface area contributed by atoms with E-state index in [4.69, 9.17) is 4.74 Å². The summed E-state index contributed by atoms with van der Waals surface area (Å²) < 4.78 is 7.64. The van der Waals surface area contributed by atoms with Crippen LogP contribution in [0.3, 0.4) is 0 Å². The average molecular weight is 305 g/mol. The molecule has 0 amide bonds. The predicted molar refractivity (Wildman–Crippen MR) is 89.0 cm³/mol. The monoisotopic (exact) mass is 305 g/mol. The molecule has 0 spiro atoms. The molecule has 2 atom stereocenters. The summed E-state index contributed by atoms with van der Waals surface area (Å²) in [6.07, 6.45) is 4.89. The second-order valence-electron chi connectivity index (χ2n) is 6.11. The highest BCUT2D eigenvalue weighted by Gasteiger charge is 2.28. The quantitative estimate of drug-likeness (QED) is 0.938. The highest BCUT2D eigenvalue weighted by atomic mass is 16.5. The van der Waals surface area contributed by atoms with Gasteiger partial charge in [-0.25, -0.2) is 4.79 Å². The fourth-order valence-corrected chi connectivity index (χ4v) is 2.94. The molecule has 1 fully saturated rings. The van der Waals surface area contributed by atoms with E-state index in [2.05, 4.69) is 23.8 Å². The number of fused-ring (bicyclic) bond motifs is 1. The second kappa shape index (κ2) is 7.09. The van der Waals surface area contributed by atoms with E-state index in [0.717, 1.165) is 30.3 Å². The third kappa shape index (κ3) is 3.58. The van der Waals surface area contributed by atoms with Gasteiger partial charge in [-0.2, -0.15) is 4.98 Å². The number of aromatic amines is 1. The first kappa shape index (κ1) is 16.7. The van der Waals surface area contributed by atoms with Gasteiger partial charge in [0.25, 0.3) is 0 Å². The molecular formula is C17H27N3O2. The van der Waals surface area contributed by atoms with Crippen LogP contribution in [0.5, 0.6) is 0 Å². The van der Waals surface area contributed by atoms with Crippen LogP contribution in [0.1, 0.15) is 58.9 Å². The molecule has 5 nitrogen and oxygen atoms in total. The molecule has 0 radical (unpaired) electrons. The Morgan fingerprint density at radius 2 is 2.14 bits per heavy atom. The first-order valence-electron chi connectivity index (χ1n) is 8.27. The lowest BCUT2D eigenvalue weighted by molar-refractivity contribution is -0.00870. The molecule has 0 aromatic carbocycles. The van der Waals surface area contributed by atoms with Crippen molar-refractivity contribution in [3.63, 3.8) is 0 Å². The van der Waals surface area contributed by atoms with E-state index in [1.165, 1.54) is 0 Å². The zero-order chi connectivity index (χ0) is 16.3.